The van der Waals surface area contributed by atoms with Crippen LogP contribution in [0, 0.1) is 13.8 Å². The maximum Gasteiger partial charge on any atom is 0.303 e. The lowest BCUT2D eigenvalue weighted by atomic mass is 10.1. The van der Waals surface area contributed by atoms with Crippen LogP contribution in [0.4, 0.5) is 5.95 Å². The number of nitrogens with zero attached hydrogens (tertiary/aromatic N) is 7. The van der Waals surface area contributed by atoms with Crippen LogP contribution in [0.1, 0.15) is 88.2 Å². The number of primary amides is 2. The molecular formula is C37H38N10O7S3. The Morgan fingerprint density at radius 1 is 0.877 bits per heavy atom. The van der Waals surface area contributed by atoms with Gasteiger partial charge in [0.15, 0.2) is 10.4 Å². The molecular weight excluding hydrogens is 793 g/mol. The lowest BCUT2D eigenvalue weighted by Crippen LogP contribution is -2.17. The summed E-state index contributed by atoms with van der Waals surface area (Å²) in [6, 6.07) is 4.55. The number of anilines is 1. The number of rotatable bonds is 16. The molecule has 6 N–H and O–H groups in total. The van der Waals surface area contributed by atoms with Crippen LogP contribution in [0.25, 0.3) is 21.4 Å². The molecule has 5 heterocycles. The van der Waals surface area contributed by atoms with Crippen LogP contribution >= 0.6 is 34.0 Å². The zero-order valence-electron chi connectivity index (χ0n) is 31.3. The lowest BCUT2D eigenvalue weighted by molar-refractivity contribution is -0.137. The molecule has 1 aromatic carbocycles. The number of carboxylic acid groups (broad SMARTS) is 1. The van der Waals surface area contributed by atoms with E-state index in [2.05, 4.69) is 30.2 Å². The van der Waals surface area contributed by atoms with E-state index in [9.17, 15) is 24.0 Å². The summed E-state index contributed by atoms with van der Waals surface area (Å²) < 4.78 is 10.0. The largest absolute Gasteiger partial charge is 0.491 e. The van der Waals surface area contributed by atoms with E-state index in [1.165, 1.54) is 52.3 Å². The van der Waals surface area contributed by atoms with Crippen molar-refractivity contribution in [3.8, 4) is 5.75 Å². The molecule has 0 aliphatic rings. The van der Waals surface area contributed by atoms with E-state index in [0.29, 0.717) is 60.2 Å². The molecule has 0 bridgehead atoms. The van der Waals surface area contributed by atoms with Crippen LogP contribution in [0.3, 0.4) is 0 Å². The third kappa shape index (κ3) is 8.97. The van der Waals surface area contributed by atoms with Crippen LogP contribution in [-0.2, 0) is 30.7 Å². The minimum absolute atomic E-state index is 0.0184. The number of carbonyl (C=O) groups excluding carboxylic acids is 4. The second-order valence-electron chi connectivity index (χ2n) is 12.6. The topological polar surface area (TPSA) is 253 Å². The number of imidazole rings is 1. The minimum atomic E-state index is -0.982. The number of pyridine rings is 1. The molecule has 0 atom stereocenters. The standard InChI is InChI=1S/C37H38N10O7S3/c1-5-22-29(55-18(3)41-22)34(52)44-36-43-24-14-20(31(38)50)15-25(54-13-9-10-27(48)49)28(24)46(36)11-7-8-12-47-33-26(16-21(17-40-33)32(39)51)57-37(47)45-35(53)30-23(6-2)42-19(4)56-30/h7-8,14-17H,5-6,9-13H2,1-4H3,(H2,38,50)(H2,39,51)(H,48,49)(H,43,44,52)/b8-7+,45-37-. The Kier molecular flexibility index (Phi) is 12.3. The molecule has 6 aromatic rings. The fraction of sp³-hybridized carbons (Fsp3) is 0.297. The highest BCUT2D eigenvalue weighted by molar-refractivity contribution is 7.16. The molecule has 0 fully saturated rings. The Hall–Kier alpha value is -6.12. The second kappa shape index (κ2) is 17.3. The van der Waals surface area contributed by atoms with Gasteiger partial charge in [-0.05, 0) is 51.3 Å². The highest BCUT2D eigenvalue weighted by atomic mass is 32.1. The number of carbonyl (C=O) groups is 5. The van der Waals surface area contributed by atoms with Crippen molar-refractivity contribution in [1.82, 2.24) is 29.1 Å². The Morgan fingerprint density at radius 2 is 1.53 bits per heavy atom. The van der Waals surface area contributed by atoms with E-state index >= 15 is 0 Å². The normalized spacial score (nSPS) is 11.9. The van der Waals surface area contributed by atoms with Gasteiger partial charge in [-0.15, -0.1) is 22.7 Å². The number of thiazole rings is 3. The molecule has 0 aliphatic carbocycles. The fourth-order valence-corrected chi connectivity index (χ4v) is 8.75. The summed E-state index contributed by atoms with van der Waals surface area (Å²) in [6.07, 6.45) is 6.16. The number of nitrogens with one attached hydrogen (secondary N) is 1. The molecule has 17 nitrogen and oxygen atoms in total. The van der Waals surface area contributed by atoms with Crippen molar-refractivity contribution in [2.75, 3.05) is 11.9 Å². The summed E-state index contributed by atoms with van der Waals surface area (Å²) in [4.78, 5) is 86.4. The van der Waals surface area contributed by atoms with Crippen molar-refractivity contribution in [2.45, 2.75) is 66.5 Å². The van der Waals surface area contributed by atoms with Crippen LogP contribution in [-0.4, -0.2) is 70.4 Å². The highest BCUT2D eigenvalue weighted by Gasteiger charge is 2.23. The maximum absolute atomic E-state index is 13.7. The van der Waals surface area contributed by atoms with Crippen molar-refractivity contribution < 1.29 is 33.8 Å². The summed E-state index contributed by atoms with van der Waals surface area (Å²) in [6.45, 7) is 7.80. The van der Waals surface area contributed by atoms with Gasteiger partial charge in [0.05, 0.1) is 43.8 Å². The number of benzene rings is 1. The second-order valence-corrected chi connectivity index (χ2v) is 16.0. The molecule has 0 radical (unpaired) electrons. The first-order valence-corrected chi connectivity index (χ1v) is 20.2. The van der Waals surface area contributed by atoms with Crippen LogP contribution in [0.2, 0.25) is 0 Å². The predicted molar refractivity (Wildman–Crippen MR) is 216 cm³/mol. The molecule has 4 amide bonds. The number of carboxylic acids is 1. The Bertz CT molecular complexity index is 2670. The smallest absolute Gasteiger partial charge is 0.303 e. The SMILES string of the molecule is CCc1nc(C)sc1C(=O)/N=c1\sc2cc(C(N)=O)cnc2n1C/C=C/Cn1c(NC(=O)c2sc(C)nc2CC)nc2cc(C(N)=O)cc(OCCCC(=O)O)c21. The average molecular weight is 831 g/mol. The van der Waals surface area contributed by atoms with Crippen molar-refractivity contribution in [1.29, 1.82) is 0 Å². The average Bonchev–Trinajstić information content (AvgIpc) is 3.93. The van der Waals surface area contributed by atoms with Gasteiger partial charge in [0.1, 0.15) is 21.0 Å². The number of aromatic nitrogens is 6. The van der Waals surface area contributed by atoms with Gasteiger partial charge in [-0.3, -0.25) is 33.9 Å². The molecule has 57 heavy (non-hydrogen) atoms. The summed E-state index contributed by atoms with van der Waals surface area (Å²) in [5, 5.41) is 13.5. The number of aliphatic carboxylic acids is 1. The quantitative estimate of drug-likeness (QED) is 0.0762. The van der Waals surface area contributed by atoms with Gasteiger partial charge in [-0.1, -0.05) is 37.3 Å². The van der Waals surface area contributed by atoms with Crippen molar-refractivity contribution in [3.63, 3.8) is 0 Å². The van der Waals surface area contributed by atoms with Crippen LogP contribution < -0.4 is 26.3 Å². The van der Waals surface area contributed by atoms with E-state index in [0.717, 1.165) is 10.0 Å². The third-order valence-corrected chi connectivity index (χ3v) is 11.6. The Morgan fingerprint density at radius 3 is 2.18 bits per heavy atom. The highest BCUT2D eigenvalue weighted by Crippen LogP contribution is 2.32. The number of nitrogens with two attached hydrogens (primary N) is 2. The molecule has 0 saturated carbocycles. The number of allylic oxidation sites excluding steroid dienone is 2. The van der Waals surface area contributed by atoms with Gasteiger partial charge in [0, 0.05) is 31.3 Å². The van der Waals surface area contributed by atoms with Gasteiger partial charge in [-0.2, -0.15) is 4.99 Å². The molecule has 20 heteroatoms. The first-order chi connectivity index (χ1) is 27.3. The van der Waals surface area contributed by atoms with Gasteiger partial charge in [-0.25, -0.2) is 19.9 Å². The first kappa shape index (κ1) is 40.5. The van der Waals surface area contributed by atoms with Gasteiger partial charge in [0.2, 0.25) is 17.8 Å². The number of hydrogen-bond acceptors (Lipinski definition) is 13. The van der Waals surface area contributed by atoms with E-state index < -0.39 is 29.6 Å². The third-order valence-electron chi connectivity index (χ3n) is 8.53. The number of hydrogen-bond donors (Lipinski definition) is 4. The van der Waals surface area contributed by atoms with Crippen LogP contribution in [0.5, 0.6) is 5.75 Å². The van der Waals surface area contributed by atoms with Crippen molar-refractivity contribution in [3.05, 3.63) is 83.6 Å². The minimum Gasteiger partial charge on any atom is -0.491 e. The molecule has 0 aliphatic heterocycles. The maximum atomic E-state index is 13.7. The molecule has 5 aromatic heterocycles. The van der Waals surface area contributed by atoms with Crippen LogP contribution in [0.15, 0.2) is 41.5 Å². The Balaban J connectivity index is 1.40. The fourth-order valence-electron chi connectivity index (χ4n) is 5.92. The summed E-state index contributed by atoms with van der Waals surface area (Å²) in [5.74, 6) is -2.86. The number of ether oxygens (including phenoxy) is 1. The molecule has 6 rings (SSSR count). The summed E-state index contributed by atoms with van der Waals surface area (Å²) >= 11 is 3.71. The van der Waals surface area contributed by atoms with E-state index in [4.69, 9.17) is 21.3 Å². The summed E-state index contributed by atoms with van der Waals surface area (Å²) in [7, 11) is 0. The molecule has 0 unspecified atom stereocenters. The predicted octanol–water partition coefficient (Wildman–Crippen LogP) is 4.79. The first-order valence-electron chi connectivity index (χ1n) is 17.7. The number of amides is 4. The number of aryl methyl sites for hydroxylation is 4. The Labute approximate surface area is 336 Å². The van der Waals surface area contributed by atoms with E-state index in [-0.39, 0.29) is 55.4 Å². The van der Waals surface area contributed by atoms with E-state index in [1.54, 1.807) is 15.2 Å². The van der Waals surface area contributed by atoms with Gasteiger partial charge in [0.25, 0.3) is 11.8 Å². The van der Waals surface area contributed by atoms with E-state index in [1.807, 2.05) is 39.8 Å². The molecule has 296 valence electrons. The van der Waals surface area contributed by atoms with Gasteiger partial charge >= 0.3 is 5.97 Å². The molecule has 0 spiro atoms. The zero-order chi connectivity index (χ0) is 41.0. The zero-order valence-corrected chi connectivity index (χ0v) is 33.8. The molecule has 0 saturated heterocycles. The lowest BCUT2D eigenvalue weighted by Gasteiger charge is -2.12. The number of fused-ring (bicyclic) bond motifs is 2. The van der Waals surface area contributed by atoms with Crippen molar-refractivity contribution in [2.24, 2.45) is 16.5 Å². The van der Waals surface area contributed by atoms with Crippen molar-refractivity contribution >= 4 is 90.9 Å². The van der Waals surface area contributed by atoms with Gasteiger partial charge < -0.3 is 25.9 Å². The monoisotopic (exact) mass is 830 g/mol. The summed E-state index contributed by atoms with van der Waals surface area (Å²) in [5.41, 5.74) is 14.0.